The van der Waals surface area contributed by atoms with E-state index in [1.807, 2.05) is 37.3 Å². The molecule has 0 aliphatic rings. The maximum absolute atomic E-state index is 12.0. The van der Waals surface area contributed by atoms with Crippen molar-refractivity contribution in [3.63, 3.8) is 0 Å². The van der Waals surface area contributed by atoms with Gasteiger partial charge in [-0.15, -0.1) is 0 Å². The molecule has 19 heavy (non-hydrogen) atoms. The van der Waals surface area contributed by atoms with Crippen LogP contribution in [0.4, 0.5) is 5.82 Å². The number of benzene rings is 1. The highest BCUT2D eigenvalue weighted by Gasteiger charge is 2.07. The van der Waals surface area contributed by atoms with Crippen LogP contribution in [0.1, 0.15) is 11.1 Å². The summed E-state index contributed by atoms with van der Waals surface area (Å²) in [6, 6.07) is 9.62. The Morgan fingerprint density at radius 3 is 2.74 bits per heavy atom. The fourth-order valence-electron chi connectivity index (χ4n) is 1.68. The maximum atomic E-state index is 12.0. The number of carbonyl (C=O) groups is 1. The maximum Gasteiger partial charge on any atom is 0.229 e. The predicted octanol–water partition coefficient (Wildman–Crippen LogP) is 4.10. The lowest BCUT2D eigenvalue weighted by Crippen LogP contribution is -2.16. The number of aromatic nitrogens is 1. The fraction of sp³-hybridized carbons (Fsp3) is 0.143. The molecule has 0 saturated heterocycles. The molecule has 0 radical (unpaired) electrons. The largest absolute Gasteiger partial charge is 0.310 e. The first kappa shape index (κ1) is 14.2. The number of halogens is 2. The standard InChI is InChI=1S/C14H12Br2N2O/c1-9-5-12(16)8-17-14(9)18-13(19)7-10-3-2-4-11(15)6-10/h2-6,8H,7H2,1H3,(H,17,18,19). The molecule has 1 aromatic heterocycles. The molecule has 3 nitrogen and oxygen atoms in total. The molecule has 0 unspecified atom stereocenters. The first-order valence-corrected chi connectivity index (χ1v) is 7.29. The van der Waals surface area contributed by atoms with Crippen molar-refractivity contribution in [2.45, 2.75) is 13.3 Å². The highest BCUT2D eigenvalue weighted by Crippen LogP contribution is 2.17. The monoisotopic (exact) mass is 382 g/mol. The summed E-state index contributed by atoms with van der Waals surface area (Å²) in [6.45, 7) is 1.91. The normalized spacial score (nSPS) is 10.3. The Labute approximate surface area is 128 Å². The van der Waals surface area contributed by atoms with Crippen molar-refractivity contribution in [2.75, 3.05) is 5.32 Å². The van der Waals surface area contributed by atoms with Gasteiger partial charge in [-0.1, -0.05) is 28.1 Å². The molecular weight excluding hydrogens is 372 g/mol. The van der Waals surface area contributed by atoms with Crippen LogP contribution in [-0.2, 0) is 11.2 Å². The number of amides is 1. The molecule has 0 saturated carbocycles. The zero-order valence-electron chi connectivity index (χ0n) is 10.3. The van der Waals surface area contributed by atoms with Crippen molar-refractivity contribution in [3.8, 4) is 0 Å². The van der Waals surface area contributed by atoms with Crippen LogP contribution in [0.3, 0.4) is 0 Å². The van der Waals surface area contributed by atoms with E-state index in [0.717, 1.165) is 20.1 Å². The molecule has 2 rings (SSSR count). The minimum Gasteiger partial charge on any atom is -0.310 e. The number of carbonyl (C=O) groups excluding carboxylic acids is 1. The molecule has 0 aliphatic heterocycles. The van der Waals surface area contributed by atoms with Gasteiger partial charge in [-0.3, -0.25) is 4.79 Å². The molecule has 1 N–H and O–H groups in total. The number of nitrogens with one attached hydrogen (secondary N) is 1. The zero-order chi connectivity index (χ0) is 13.8. The van der Waals surface area contributed by atoms with Crippen molar-refractivity contribution in [1.29, 1.82) is 0 Å². The van der Waals surface area contributed by atoms with E-state index < -0.39 is 0 Å². The van der Waals surface area contributed by atoms with Gasteiger partial charge in [0.2, 0.25) is 5.91 Å². The van der Waals surface area contributed by atoms with Gasteiger partial charge in [0.25, 0.3) is 0 Å². The Morgan fingerprint density at radius 2 is 2.05 bits per heavy atom. The average Bonchev–Trinajstić information content (AvgIpc) is 2.33. The third kappa shape index (κ3) is 4.14. The minimum atomic E-state index is -0.0731. The highest BCUT2D eigenvalue weighted by molar-refractivity contribution is 9.10. The summed E-state index contributed by atoms with van der Waals surface area (Å²) in [5.41, 5.74) is 1.89. The van der Waals surface area contributed by atoms with E-state index in [9.17, 15) is 4.79 Å². The number of aryl methyl sites for hydroxylation is 1. The van der Waals surface area contributed by atoms with Crippen LogP contribution in [0.25, 0.3) is 0 Å². The summed E-state index contributed by atoms with van der Waals surface area (Å²) in [6.07, 6.45) is 2.00. The lowest BCUT2D eigenvalue weighted by Gasteiger charge is -2.07. The molecule has 0 atom stereocenters. The molecule has 1 heterocycles. The summed E-state index contributed by atoms with van der Waals surface area (Å²) in [4.78, 5) is 16.1. The van der Waals surface area contributed by atoms with Gasteiger partial charge in [-0.05, 0) is 52.2 Å². The van der Waals surface area contributed by atoms with E-state index in [2.05, 4.69) is 42.2 Å². The van der Waals surface area contributed by atoms with Crippen molar-refractivity contribution in [3.05, 3.63) is 56.6 Å². The fourth-order valence-corrected chi connectivity index (χ4v) is 2.57. The predicted molar refractivity (Wildman–Crippen MR) is 83.1 cm³/mol. The Morgan fingerprint density at radius 1 is 1.26 bits per heavy atom. The van der Waals surface area contributed by atoms with Crippen molar-refractivity contribution in [2.24, 2.45) is 0 Å². The van der Waals surface area contributed by atoms with E-state index in [0.29, 0.717) is 12.2 Å². The molecule has 0 bridgehead atoms. The Hall–Kier alpha value is -1.20. The van der Waals surface area contributed by atoms with Crippen LogP contribution in [0, 0.1) is 6.92 Å². The number of hydrogen-bond donors (Lipinski definition) is 1. The molecule has 0 fully saturated rings. The average molecular weight is 384 g/mol. The van der Waals surface area contributed by atoms with Gasteiger partial charge in [0.1, 0.15) is 5.82 Å². The summed E-state index contributed by atoms with van der Waals surface area (Å²) in [5.74, 6) is 0.527. The quantitative estimate of drug-likeness (QED) is 0.866. The number of rotatable bonds is 3. The van der Waals surface area contributed by atoms with Crippen molar-refractivity contribution >= 4 is 43.6 Å². The van der Waals surface area contributed by atoms with E-state index in [1.54, 1.807) is 6.20 Å². The summed E-state index contributed by atoms with van der Waals surface area (Å²) in [5, 5.41) is 2.82. The van der Waals surface area contributed by atoms with Gasteiger partial charge in [-0.2, -0.15) is 0 Å². The van der Waals surface area contributed by atoms with E-state index in [4.69, 9.17) is 0 Å². The van der Waals surface area contributed by atoms with Gasteiger partial charge in [0.15, 0.2) is 0 Å². The Kier molecular flexibility index (Phi) is 4.71. The van der Waals surface area contributed by atoms with Gasteiger partial charge in [0, 0.05) is 15.1 Å². The van der Waals surface area contributed by atoms with Crippen LogP contribution < -0.4 is 5.32 Å². The second-order valence-electron chi connectivity index (χ2n) is 4.17. The third-order valence-corrected chi connectivity index (χ3v) is 3.48. The number of nitrogens with zero attached hydrogens (tertiary/aromatic N) is 1. The van der Waals surface area contributed by atoms with E-state index in [1.165, 1.54) is 0 Å². The van der Waals surface area contributed by atoms with Gasteiger partial charge < -0.3 is 5.32 Å². The summed E-state index contributed by atoms with van der Waals surface area (Å²) >= 11 is 6.73. The molecule has 98 valence electrons. The highest BCUT2D eigenvalue weighted by atomic mass is 79.9. The van der Waals surface area contributed by atoms with Gasteiger partial charge >= 0.3 is 0 Å². The molecule has 2 aromatic rings. The molecule has 1 aromatic carbocycles. The van der Waals surface area contributed by atoms with Crippen LogP contribution >= 0.6 is 31.9 Å². The second kappa shape index (κ2) is 6.30. The van der Waals surface area contributed by atoms with Crippen LogP contribution in [-0.4, -0.2) is 10.9 Å². The minimum absolute atomic E-state index is 0.0731. The number of anilines is 1. The van der Waals surface area contributed by atoms with E-state index >= 15 is 0 Å². The SMILES string of the molecule is Cc1cc(Br)cnc1NC(=O)Cc1cccc(Br)c1. The lowest BCUT2D eigenvalue weighted by molar-refractivity contribution is -0.115. The first-order valence-electron chi connectivity index (χ1n) is 5.71. The smallest absolute Gasteiger partial charge is 0.229 e. The molecular formula is C14H12Br2N2O. The number of pyridine rings is 1. The topological polar surface area (TPSA) is 42.0 Å². The molecule has 0 aliphatic carbocycles. The van der Waals surface area contributed by atoms with Crippen LogP contribution in [0.5, 0.6) is 0 Å². The molecule has 1 amide bonds. The first-order chi connectivity index (χ1) is 9.04. The van der Waals surface area contributed by atoms with Gasteiger partial charge in [-0.25, -0.2) is 4.98 Å². The number of hydrogen-bond acceptors (Lipinski definition) is 2. The van der Waals surface area contributed by atoms with E-state index in [-0.39, 0.29) is 5.91 Å². The van der Waals surface area contributed by atoms with Crippen LogP contribution in [0.2, 0.25) is 0 Å². The lowest BCUT2D eigenvalue weighted by atomic mass is 10.1. The molecule has 5 heteroatoms. The Bertz CT molecular complexity index is 614. The van der Waals surface area contributed by atoms with Gasteiger partial charge in [0.05, 0.1) is 6.42 Å². The van der Waals surface area contributed by atoms with Crippen molar-refractivity contribution in [1.82, 2.24) is 4.98 Å². The molecule has 0 spiro atoms. The summed E-state index contributed by atoms with van der Waals surface area (Å²) in [7, 11) is 0. The zero-order valence-corrected chi connectivity index (χ0v) is 13.5. The third-order valence-electron chi connectivity index (χ3n) is 2.56. The summed E-state index contributed by atoms with van der Waals surface area (Å²) < 4.78 is 1.87. The second-order valence-corrected chi connectivity index (χ2v) is 6.01. The van der Waals surface area contributed by atoms with Crippen LogP contribution in [0.15, 0.2) is 45.5 Å². The van der Waals surface area contributed by atoms with Crippen molar-refractivity contribution < 1.29 is 4.79 Å². The Balaban J connectivity index is 2.05.